The van der Waals surface area contributed by atoms with Crippen LogP contribution in [0.25, 0.3) is 5.69 Å². The molecule has 0 N–H and O–H groups in total. The Kier molecular flexibility index (Phi) is 6.75. The molecule has 34 heavy (non-hydrogen) atoms. The number of hydrogen-bond donors (Lipinski definition) is 0. The second-order valence-electron chi connectivity index (χ2n) is 7.72. The average molecular weight is 487 g/mol. The van der Waals surface area contributed by atoms with Crippen LogP contribution in [-0.2, 0) is 20.5 Å². The van der Waals surface area contributed by atoms with Gasteiger partial charge >= 0.3 is 5.97 Å². The molecule has 2 aromatic carbocycles. The molecule has 1 aliphatic heterocycles. The Morgan fingerprint density at radius 1 is 1.03 bits per heavy atom. The van der Waals surface area contributed by atoms with Crippen molar-refractivity contribution in [1.82, 2.24) is 14.1 Å². The predicted molar refractivity (Wildman–Crippen MR) is 124 cm³/mol. The lowest BCUT2D eigenvalue weighted by molar-refractivity contribution is 0.0592. The molecule has 0 aliphatic carbocycles. The average Bonchev–Trinajstić information content (AvgIpc) is 2.84. The van der Waals surface area contributed by atoms with E-state index in [1.807, 2.05) is 6.07 Å². The highest BCUT2D eigenvalue weighted by molar-refractivity contribution is 7.88. The number of aromatic nitrogens is 2. The van der Waals surface area contributed by atoms with Crippen molar-refractivity contribution >= 4 is 21.7 Å². The normalized spacial score (nSPS) is 14.7. The first-order valence-electron chi connectivity index (χ1n) is 10.5. The molecule has 0 radical (unpaired) electrons. The quantitative estimate of drug-likeness (QED) is 0.490. The van der Waals surface area contributed by atoms with Gasteiger partial charge < -0.3 is 9.64 Å². The Balaban J connectivity index is 1.57. The number of rotatable bonds is 6. The lowest BCUT2D eigenvalue weighted by Gasteiger charge is -2.35. The van der Waals surface area contributed by atoms with E-state index in [0.717, 1.165) is 4.68 Å². The van der Waals surface area contributed by atoms with Crippen molar-refractivity contribution in [2.24, 2.45) is 0 Å². The number of benzene rings is 2. The summed E-state index contributed by atoms with van der Waals surface area (Å²) in [4.78, 5) is 27.0. The van der Waals surface area contributed by atoms with Crippen molar-refractivity contribution in [3.05, 3.63) is 88.1 Å². The van der Waals surface area contributed by atoms with Crippen molar-refractivity contribution in [1.29, 1.82) is 0 Å². The van der Waals surface area contributed by atoms with Gasteiger partial charge in [-0.25, -0.2) is 17.6 Å². The molecule has 0 unspecified atom stereocenters. The lowest BCUT2D eigenvalue weighted by Crippen LogP contribution is -2.49. The fraction of sp³-hybridized carbons (Fsp3) is 0.261. The van der Waals surface area contributed by atoms with Crippen LogP contribution < -0.4 is 10.5 Å². The van der Waals surface area contributed by atoms with Gasteiger partial charge in [-0.15, -0.1) is 0 Å². The summed E-state index contributed by atoms with van der Waals surface area (Å²) < 4.78 is 46.2. The molecule has 11 heteroatoms. The highest BCUT2D eigenvalue weighted by Gasteiger charge is 2.30. The summed E-state index contributed by atoms with van der Waals surface area (Å²) in [6, 6.07) is 15.3. The first-order chi connectivity index (χ1) is 16.3. The van der Waals surface area contributed by atoms with Crippen molar-refractivity contribution < 1.29 is 22.3 Å². The van der Waals surface area contributed by atoms with Gasteiger partial charge in [-0.3, -0.25) is 4.79 Å². The highest BCUT2D eigenvalue weighted by Crippen LogP contribution is 2.22. The molecule has 4 rings (SSSR count). The standard InChI is InChI=1S/C23H23FN4O5S/c1-33-23(30)22-20(15-21(29)28(25-22)19-9-7-18(24)8-10-19)26-11-13-27(14-12-26)34(31,32)16-17-5-3-2-4-6-17/h2-10,15H,11-14,16H2,1H3. The summed E-state index contributed by atoms with van der Waals surface area (Å²) in [6.07, 6.45) is 0. The number of anilines is 1. The summed E-state index contributed by atoms with van der Waals surface area (Å²) in [5.74, 6) is -1.32. The maximum Gasteiger partial charge on any atom is 0.360 e. The van der Waals surface area contributed by atoms with Crippen molar-refractivity contribution in [3.63, 3.8) is 0 Å². The van der Waals surface area contributed by atoms with E-state index in [0.29, 0.717) is 11.3 Å². The van der Waals surface area contributed by atoms with E-state index in [1.165, 1.54) is 41.7 Å². The van der Waals surface area contributed by atoms with Crippen LogP contribution in [0.5, 0.6) is 0 Å². The van der Waals surface area contributed by atoms with Crippen LogP contribution in [0.1, 0.15) is 16.1 Å². The van der Waals surface area contributed by atoms with E-state index in [-0.39, 0.29) is 43.3 Å². The zero-order valence-electron chi connectivity index (χ0n) is 18.4. The topological polar surface area (TPSA) is 102 Å². The maximum absolute atomic E-state index is 13.3. The lowest BCUT2D eigenvalue weighted by atomic mass is 10.2. The molecule has 178 valence electrons. The van der Waals surface area contributed by atoms with E-state index in [1.54, 1.807) is 29.2 Å². The SMILES string of the molecule is COC(=O)c1nn(-c2ccc(F)cc2)c(=O)cc1N1CCN(S(=O)(=O)Cc2ccccc2)CC1. The van der Waals surface area contributed by atoms with Crippen molar-refractivity contribution in [3.8, 4) is 5.69 Å². The fourth-order valence-corrected chi connectivity index (χ4v) is 5.30. The first-order valence-corrected chi connectivity index (χ1v) is 12.1. The van der Waals surface area contributed by atoms with Crippen LogP contribution in [0.15, 0.2) is 65.5 Å². The Morgan fingerprint density at radius 2 is 1.68 bits per heavy atom. The number of sulfonamides is 1. The van der Waals surface area contributed by atoms with E-state index in [4.69, 9.17) is 4.74 Å². The molecular weight excluding hydrogens is 463 g/mol. The van der Waals surface area contributed by atoms with Crippen LogP contribution >= 0.6 is 0 Å². The molecule has 1 saturated heterocycles. The zero-order chi connectivity index (χ0) is 24.3. The Morgan fingerprint density at radius 3 is 2.29 bits per heavy atom. The van der Waals surface area contributed by atoms with Crippen LogP contribution in [-0.4, -0.2) is 61.8 Å². The Hall–Kier alpha value is -3.57. The Labute approximate surface area is 196 Å². The maximum atomic E-state index is 13.3. The number of esters is 1. The summed E-state index contributed by atoms with van der Waals surface area (Å²) in [5.41, 5.74) is 0.641. The molecule has 1 fully saturated rings. The van der Waals surface area contributed by atoms with E-state index in [2.05, 4.69) is 5.10 Å². The molecule has 2 heterocycles. The van der Waals surface area contributed by atoms with Gasteiger partial charge in [0.05, 0.1) is 24.2 Å². The second-order valence-corrected chi connectivity index (χ2v) is 9.69. The molecule has 0 spiro atoms. The molecule has 0 saturated carbocycles. The third-order valence-corrected chi connectivity index (χ3v) is 7.38. The number of piperazine rings is 1. The number of hydrogen-bond acceptors (Lipinski definition) is 7. The smallest absolute Gasteiger partial charge is 0.360 e. The molecule has 1 aromatic heterocycles. The minimum absolute atomic E-state index is 0.0907. The molecule has 3 aromatic rings. The summed E-state index contributed by atoms with van der Waals surface area (Å²) >= 11 is 0. The predicted octanol–water partition coefficient (Wildman–Crippen LogP) is 1.81. The number of carbonyl (C=O) groups excluding carboxylic acids is 1. The van der Waals surface area contributed by atoms with E-state index >= 15 is 0 Å². The van der Waals surface area contributed by atoms with E-state index in [9.17, 15) is 22.4 Å². The summed E-state index contributed by atoms with van der Waals surface area (Å²) in [6.45, 7) is 0.910. The molecule has 9 nitrogen and oxygen atoms in total. The number of ether oxygens (including phenoxy) is 1. The summed E-state index contributed by atoms with van der Waals surface area (Å²) in [7, 11) is -2.32. The van der Waals surface area contributed by atoms with Crippen molar-refractivity contribution in [2.45, 2.75) is 5.75 Å². The molecular formula is C23H23FN4O5S. The highest BCUT2D eigenvalue weighted by atomic mass is 32.2. The Bertz CT molecular complexity index is 1340. The van der Waals surface area contributed by atoms with Crippen LogP contribution in [0.2, 0.25) is 0 Å². The van der Waals surface area contributed by atoms with E-state index < -0.39 is 27.4 Å². The van der Waals surface area contributed by atoms with Gasteiger partial charge in [0.25, 0.3) is 5.56 Å². The number of carbonyl (C=O) groups is 1. The minimum atomic E-state index is -3.52. The first kappa shape index (κ1) is 23.6. The van der Waals surface area contributed by atoms with Crippen LogP contribution in [0.3, 0.4) is 0 Å². The number of halogens is 1. The molecule has 0 bridgehead atoms. The van der Waals surface area contributed by atoms with Gasteiger partial charge in [-0.1, -0.05) is 30.3 Å². The second kappa shape index (κ2) is 9.74. The van der Waals surface area contributed by atoms with Gasteiger partial charge in [0, 0.05) is 32.2 Å². The van der Waals surface area contributed by atoms with Gasteiger partial charge in [-0.05, 0) is 29.8 Å². The molecule has 0 atom stereocenters. The third kappa shape index (κ3) is 5.00. The number of nitrogens with zero attached hydrogens (tertiary/aromatic N) is 4. The van der Waals surface area contributed by atoms with Gasteiger partial charge in [0.2, 0.25) is 10.0 Å². The molecule has 1 aliphatic rings. The number of methoxy groups -OCH3 is 1. The van der Waals surface area contributed by atoms with Crippen LogP contribution in [0, 0.1) is 5.82 Å². The van der Waals surface area contributed by atoms with Gasteiger partial charge in [-0.2, -0.15) is 14.1 Å². The third-order valence-electron chi connectivity index (χ3n) is 5.53. The zero-order valence-corrected chi connectivity index (χ0v) is 19.2. The fourth-order valence-electron chi connectivity index (χ4n) is 3.78. The van der Waals surface area contributed by atoms with Gasteiger partial charge in [0.1, 0.15) is 5.82 Å². The molecule has 0 amide bonds. The minimum Gasteiger partial charge on any atom is -0.464 e. The summed E-state index contributed by atoms with van der Waals surface area (Å²) in [5, 5.41) is 4.18. The van der Waals surface area contributed by atoms with Crippen molar-refractivity contribution in [2.75, 3.05) is 38.2 Å². The van der Waals surface area contributed by atoms with Gasteiger partial charge in [0.15, 0.2) is 5.69 Å². The van der Waals surface area contributed by atoms with Crippen LogP contribution in [0.4, 0.5) is 10.1 Å². The largest absolute Gasteiger partial charge is 0.464 e. The monoisotopic (exact) mass is 486 g/mol.